The van der Waals surface area contributed by atoms with Crippen molar-refractivity contribution < 1.29 is 14.3 Å². The zero-order valence-corrected chi connectivity index (χ0v) is 11.9. The van der Waals surface area contributed by atoms with Crippen LogP contribution >= 0.6 is 0 Å². The highest BCUT2D eigenvalue weighted by Crippen LogP contribution is 2.22. The van der Waals surface area contributed by atoms with Crippen molar-refractivity contribution in [1.82, 2.24) is 9.80 Å². The first-order valence-electron chi connectivity index (χ1n) is 7.23. The molecule has 0 bridgehead atoms. The Hall–Kier alpha value is -1.26. The molecule has 2 saturated heterocycles. The summed E-state index contributed by atoms with van der Waals surface area (Å²) < 4.78 is 4.79. The zero-order valence-electron chi connectivity index (χ0n) is 11.9. The first-order chi connectivity index (χ1) is 9.11. The molecule has 2 fully saturated rings. The minimum Gasteiger partial charge on any atom is -0.469 e. The molecule has 2 amide bonds. The van der Waals surface area contributed by atoms with Crippen molar-refractivity contribution in [1.29, 1.82) is 0 Å². The molecule has 5 nitrogen and oxygen atoms in total. The summed E-state index contributed by atoms with van der Waals surface area (Å²) in [6.07, 6.45) is 4.00. The second kappa shape index (κ2) is 6.26. The Morgan fingerprint density at radius 2 is 1.68 bits per heavy atom. The van der Waals surface area contributed by atoms with Crippen molar-refractivity contribution in [3.05, 3.63) is 0 Å². The van der Waals surface area contributed by atoms with Crippen molar-refractivity contribution >= 4 is 12.0 Å². The second-order valence-corrected chi connectivity index (χ2v) is 5.78. The standard InChI is InChI=1S/C14H24N2O3/c1-11-5-3-7-15(9-11)14(18)16-8-4-6-12(10-16)13(17)19-2/h11-12H,3-10H2,1-2H3. The summed E-state index contributed by atoms with van der Waals surface area (Å²) in [6.45, 7) is 5.15. The topological polar surface area (TPSA) is 49.9 Å². The van der Waals surface area contributed by atoms with Gasteiger partial charge in [0.25, 0.3) is 0 Å². The van der Waals surface area contributed by atoms with Gasteiger partial charge < -0.3 is 14.5 Å². The number of carbonyl (C=O) groups is 2. The lowest BCUT2D eigenvalue weighted by molar-refractivity contribution is -0.146. The summed E-state index contributed by atoms with van der Waals surface area (Å²) in [5.74, 6) is 0.244. The number of rotatable bonds is 1. The lowest BCUT2D eigenvalue weighted by atomic mass is 9.98. The van der Waals surface area contributed by atoms with Gasteiger partial charge in [0.05, 0.1) is 13.0 Å². The molecule has 5 heteroatoms. The van der Waals surface area contributed by atoms with Gasteiger partial charge in [0.2, 0.25) is 0 Å². The molecule has 0 aromatic carbocycles. The zero-order chi connectivity index (χ0) is 13.8. The largest absolute Gasteiger partial charge is 0.469 e. The van der Waals surface area contributed by atoms with Gasteiger partial charge in [-0.1, -0.05) is 6.92 Å². The minimum atomic E-state index is -0.190. The van der Waals surface area contributed by atoms with Crippen LogP contribution in [-0.2, 0) is 9.53 Å². The second-order valence-electron chi connectivity index (χ2n) is 5.78. The minimum absolute atomic E-state index is 0.0974. The number of amides is 2. The molecule has 2 aliphatic heterocycles. The molecule has 108 valence electrons. The average Bonchev–Trinajstić information content (AvgIpc) is 2.45. The number of esters is 1. The normalized spacial score (nSPS) is 28.1. The van der Waals surface area contributed by atoms with Crippen molar-refractivity contribution in [2.24, 2.45) is 11.8 Å². The van der Waals surface area contributed by atoms with E-state index in [-0.39, 0.29) is 17.9 Å². The van der Waals surface area contributed by atoms with Crippen LogP contribution in [0.25, 0.3) is 0 Å². The Kier molecular flexibility index (Phi) is 4.66. The van der Waals surface area contributed by atoms with Crippen LogP contribution in [0.3, 0.4) is 0 Å². The van der Waals surface area contributed by atoms with Crippen molar-refractivity contribution in [3.8, 4) is 0 Å². The molecule has 0 aromatic heterocycles. The lowest BCUT2D eigenvalue weighted by Gasteiger charge is -2.38. The third-order valence-corrected chi connectivity index (χ3v) is 4.15. The number of carbonyl (C=O) groups excluding carboxylic acids is 2. The van der Waals surface area contributed by atoms with E-state index in [4.69, 9.17) is 4.74 Å². The van der Waals surface area contributed by atoms with Gasteiger partial charge >= 0.3 is 12.0 Å². The molecule has 0 saturated carbocycles. The molecule has 2 rings (SSSR count). The third-order valence-electron chi connectivity index (χ3n) is 4.15. The molecular weight excluding hydrogens is 244 g/mol. The number of ether oxygens (including phenoxy) is 1. The van der Waals surface area contributed by atoms with E-state index in [0.29, 0.717) is 12.5 Å². The van der Waals surface area contributed by atoms with Crippen LogP contribution in [0.15, 0.2) is 0 Å². The maximum Gasteiger partial charge on any atom is 0.320 e. The predicted molar refractivity (Wildman–Crippen MR) is 71.7 cm³/mol. The fourth-order valence-corrected chi connectivity index (χ4v) is 3.07. The van der Waals surface area contributed by atoms with Crippen LogP contribution in [0.4, 0.5) is 4.79 Å². The van der Waals surface area contributed by atoms with E-state index < -0.39 is 0 Å². The number of methoxy groups -OCH3 is 1. The molecule has 0 spiro atoms. The third kappa shape index (κ3) is 3.39. The highest BCUT2D eigenvalue weighted by molar-refractivity contribution is 5.77. The molecule has 0 N–H and O–H groups in total. The molecule has 0 aromatic rings. The van der Waals surface area contributed by atoms with Gasteiger partial charge in [-0.15, -0.1) is 0 Å². The molecule has 2 heterocycles. The van der Waals surface area contributed by atoms with Crippen LogP contribution in [-0.4, -0.2) is 55.1 Å². The van der Waals surface area contributed by atoms with E-state index in [1.807, 2.05) is 9.80 Å². The Labute approximate surface area is 114 Å². The fraction of sp³-hybridized carbons (Fsp3) is 0.857. The highest BCUT2D eigenvalue weighted by atomic mass is 16.5. The summed E-state index contributed by atoms with van der Waals surface area (Å²) in [6, 6.07) is 0.0974. The van der Waals surface area contributed by atoms with E-state index in [1.165, 1.54) is 13.5 Å². The Morgan fingerprint density at radius 1 is 1.05 bits per heavy atom. The monoisotopic (exact) mass is 268 g/mol. The molecule has 2 atom stereocenters. The van der Waals surface area contributed by atoms with Crippen LogP contribution < -0.4 is 0 Å². The van der Waals surface area contributed by atoms with Crippen LogP contribution in [0.5, 0.6) is 0 Å². The molecular formula is C14H24N2O3. The average molecular weight is 268 g/mol. The van der Waals surface area contributed by atoms with E-state index in [1.54, 1.807) is 0 Å². The first-order valence-corrected chi connectivity index (χ1v) is 7.23. The van der Waals surface area contributed by atoms with Gasteiger partial charge in [0.15, 0.2) is 0 Å². The first kappa shape index (κ1) is 14.2. The summed E-state index contributed by atoms with van der Waals surface area (Å²) in [7, 11) is 1.41. The van der Waals surface area contributed by atoms with Crippen molar-refractivity contribution in [3.63, 3.8) is 0 Å². The summed E-state index contributed by atoms with van der Waals surface area (Å²) in [5, 5.41) is 0. The van der Waals surface area contributed by atoms with E-state index in [2.05, 4.69) is 6.92 Å². The Morgan fingerprint density at radius 3 is 2.32 bits per heavy atom. The number of nitrogens with zero attached hydrogens (tertiary/aromatic N) is 2. The fourth-order valence-electron chi connectivity index (χ4n) is 3.07. The maximum absolute atomic E-state index is 12.5. The number of hydrogen-bond acceptors (Lipinski definition) is 3. The quantitative estimate of drug-likeness (QED) is 0.680. The Balaban J connectivity index is 1.93. The SMILES string of the molecule is COC(=O)C1CCCN(C(=O)N2CCCC(C)C2)C1. The van der Waals surface area contributed by atoms with Gasteiger partial charge in [0, 0.05) is 26.2 Å². The van der Waals surface area contributed by atoms with E-state index >= 15 is 0 Å². The molecule has 2 aliphatic rings. The molecule has 0 aliphatic carbocycles. The van der Waals surface area contributed by atoms with E-state index in [9.17, 15) is 9.59 Å². The molecule has 19 heavy (non-hydrogen) atoms. The Bertz CT molecular complexity index is 346. The maximum atomic E-state index is 12.5. The van der Waals surface area contributed by atoms with Gasteiger partial charge in [-0.2, -0.15) is 0 Å². The van der Waals surface area contributed by atoms with Crippen LogP contribution in [0.1, 0.15) is 32.6 Å². The molecule has 2 unspecified atom stereocenters. The van der Waals surface area contributed by atoms with Crippen molar-refractivity contribution in [2.45, 2.75) is 32.6 Å². The van der Waals surface area contributed by atoms with Gasteiger partial charge in [0.1, 0.15) is 0 Å². The lowest BCUT2D eigenvalue weighted by Crippen LogP contribution is -2.51. The number of urea groups is 1. The van der Waals surface area contributed by atoms with Crippen LogP contribution in [0.2, 0.25) is 0 Å². The smallest absolute Gasteiger partial charge is 0.320 e. The predicted octanol–water partition coefficient (Wildman–Crippen LogP) is 1.72. The highest BCUT2D eigenvalue weighted by Gasteiger charge is 2.32. The molecule has 0 radical (unpaired) electrons. The van der Waals surface area contributed by atoms with Gasteiger partial charge in [-0.05, 0) is 31.6 Å². The number of piperidine rings is 2. The summed E-state index contributed by atoms with van der Waals surface area (Å²) in [4.78, 5) is 27.8. The summed E-state index contributed by atoms with van der Waals surface area (Å²) >= 11 is 0. The number of hydrogen-bond donors (Lipinski definition) is 0. The summed E-state index contributed by atoms with van der Waals surface area (Å²) in [5.41, 5.74) is 0. The van der Waals surface area contributed by atoms with Crippen molar-refractivity contribution in [2.75, 3.05) is 33.3 Å². The van der Waals surface area contributed by atoms with Crippen LogP contribution in [0, 0.1) is 11.8 Å². The van der Waals surface area contributed by atoms with Gasteiger partial charge in [-0.3, -0.25) is 4.79 Å². The van der Waals surface area contributed by atoms with E-state index in [0.717, 1.165) is 38.9 Å². The van der Waals surface area contributed by atoms with Gasteiger partial charge in [-0.25, -0.2) is 4.79 Å². The number of likely N-dealkylation sites (tertiary alicyclic amines) is 2.